The van der Waals surface area contributed by atoms with Crippen LogP contribution in [0.3, 0.4) is 0 Å². The molecule has 3 aliphatic carbocycles. The molecule has 31 heavy (non-hydrogen) atoms. The minimum Gasteiger partial charge on any atom is -0.272 e. The molecule has 3 aromatic rings. The van der Waals surface area contributed by atoms with Gasteiger partial charge in [0.25, 0.3) is 0 Å². The highest BCUT2D eigenvalue weighted by Crippen LogP contribution is 2.74. The summed E-state index contributed by atoms with van der Waals surface area (Å²) in [6.07, 6.45) is 6.81. The molecule has 0 spiro atoms. The van der Waals surface area contributed by atoms with Crippen molar-refractivity contribution in [1.82, 2.24) is 14.8 Å². The fourth-order valence-electron chi connectivity index (χ4n) is 6.06. The highest BCUT2D eigenvalue weighted by molar-refractivity contribution is 5.88. The molecule has 158 valence electrons. The normalized spacial score (nSPS) is 28.6. The van der Waals surface area contributed by atoms with Crippen molar-refractivity contribution in [2.75, 3.05) is 0 Å². The van der Waals surface area contributed by atoms with Crippen molar-refractivity contribution in [3.63, 3.8) is 0 Å². The van der Waals surface area contributed by atoms with Crippen LogP contribution < -0.4 is 0 Å². The fourth-order valence-corrected chi connectivity index (χ4v) is 6.06. The molecule has 0 radical (unpaired) electrons. The van der Waals surface area contributed by atoms with Gasteiger partial charge in [-0.1, -0.05) is 23.8 Å². The number of carbonyl (C=O) groups is 1. The number of hydrazone groups is 1. The van der Waals surface area contributed by atoms with Crippen molar-refractivity contribution in [2.45, 2.75) is 52.1 Å². The van der Waals surface area contributed by atoms with Gasteiger partial charge in [0, 0.05) is 30.1 Å². The quantitative estimate of drug-likeness (QED) is 0.606. The van der Waals surface area contributed by atoms with Gasteiger partial charge in [0.15, 0.2) is 0 Å². The molecule has 1 unspecified atom stereocenters. The Bertz CT molecular complexity index is 1240. The first-order chi connectivity index (χ1) is 14.9. The first kappa shape index (κ1) is 18.7. The molecule has 1 aromatic heterocycles. The number of hydrogen-bond acceptors (Lipinski definition) is 3. The molecule has 2 bridgehead atoms. The molecule has 6 heteroatoms. The molecule has 0 saturated heterocycles. The number of amides is 1. The molecule has 0 N–H and O–H groups in total. The van der Waals surface area contributed by atoms with Crippen molar-refractivity contribution >= 4 is 23.0 Å². The second kappa shape index (κ2) is 6.25. The van der Waals surface area contributed by atoms with Crippen LogP contribution in [0.1, 0.15) is 48.4 Å². The van der Waals surface area contributed by atoms with E-state index in [1.54, 1.807) is 17.3 Å². The third kappa shape index (κ3) is 2.70. The second-order valence-corrected chi connectivity index (χ2v) is 9.90. The SMILES string of the molecule is Cc1ccc(C2CC=NN2C(=O)C23CC(Cn4ncc5cc(C)ccc54)(C2)C3)c(F)c1. The van der Waals surface area contributed by atoms with Gasteiger partial charge < -0.3 is 0 Å². The van der Waals surface area contributed by atoms with Crippen LogP contribution in [0.4, 0.5) is 4.39 Å². The lowest BCUT2D eigenvalue weighted by Crippen LogP contribution is -2.68. The molecule has 2 heterocycles. The Kier molecular flexibility index (Phi) is 3.78. The molecule has 1 atom stereocenters. The average molecular weight is 417 g/mol. The van der Waals surface area contributed by atoms with E-state index in [-0.39, 0.29) is 28.6 Å². The van der Waals surface area contributed by atoms with Crippen LogP contribution in [0.15, 0.2) is 47.7 Å². The first-order valence-corrected chi connectivity index (χ1v) is 10.9. The Morgan fingerprint density at radius 1 is 1.13 bits per heavy atom. The number of carbonyl (C=O) groups excluding carboxylic acids is 1. The van der Waals surface area contributed by atoms with Gasteiger partial charge in [-0.3, -0.25) is 9.48 Å². The first-order valence-electron chi connectivity index (χ1n) is 10.9. The van der Waals surface area contributed by atoms with E-state index >= 15 is 0 Å². The molecule has 1 aliphatic heterocycles. The van der Waals surface area contributed by atoms with Gasteiger partial charge in [-0.05, 0) is 62.3 Å². The number of benzene rings is 2. The number of nitrogens with zero attached hydrogens (tertiary/aromatic N) is 4. The Balaban J connectivity index is 1.18. The molecule has 7 rings (SSSR count). The molecular weight excluding hydrogens is 391 g/mol. The predicted octanol–water partition coefficient (Wildman–Crippen LogP) is 4.92. The Morgan fingerprint density at radius 2 is 1.87 bits per heavy atom. The molecule has 5 nitrogen and oxygen atoms in total. The van der Waals surface area contributed by atoms with Crippen LogP contribution in [0, 0.1) is 30.5 Å². The summed E-state index contributed by atoms with van der Waals surface area (Å²) >= 11 is 0. The minimum atomic E-state index is -0.337. The van der Waals surface area contributed by atoms with E-state index in [0.717, 1.165) is 42.3 Å². The van der Waals surface area contributed by atoms with Crippen molar-refractivity contribution in [1.29, 1.82) is 0 Å². The number of aromatic nitrogens is 2. The predicted molar refractivity (Wildman–Crippen MR) is 117 cm³/mol. The number of halogens is 1. The standard InChI is InChI=1S/C25H25FN4O/c1-16-4-6-21-18(9-16)11-28-29(21)15-24-12-25(13-24,14-24)23(31)30-22(7-8-27-30)19-5-3-17(2)10-20(19)26/h3-6,8-11,22H,7,12-15H2,1-2H3. The topological polar surface area (TPSA) is 50.5 Å². The minimum absolute atomic E-state index is 0.0500. The second-order valence-electron chi connectivity index (χ2n) is 9.90. The molecule has 3 fully saturated rings. The fraction of sp³-hybridized carbons (Fsp3) is 0.400. The van der Waals surface area contributed by atoms with Crippen LogP contribution >= 0.6 is 0 Å². The molecular formula is C25H25FN4O. The monoisotopic (exact) mass is 416 g/mol. The molecule has 2 aromatic carbocycles. The van der Waals surface area contributed by atoms with E-state index in [1.807, 2.05) is 19.2 Å². The van der Waals surface area contributed by atoms with Gasteiger partial charge in [0.2, 0.25) is 5.91 Å². The summed E-state index contributed by atoms with van der Waals surface area (Å²) in [6.45, 7) is 4.80. The smallest absolute Gasteiger partial charge is 0.249 e. The van der Waals surface area contributed by atoms with Gasteiger partial charge >= 0.3 is 0 Å². The molecule has 4 aliphatic rings. The zero-order valence-electron chi connectivity index (χ0n) is 17.8. The van der Waals surface area contributed by atoms with Crippen molar-refractivity contribution in [2.24, 2.45) is 15.9 Å². The summed E-state index contributed by atoms with van der Waals surface area (Å²) in [4.78, 5) is 13.4. The third-order valence-corrected chi connectivity index (χ3v) is 7.43. The zero-order chi connectivity index (χ0) is 21.4. The van der Waals surface area contributed by atoms with Gasteiger partial charge in [-0.15, -0.1) is 0 Å². The highest BCUT2D eigenvalue weighted by Gasteiger charge is 2.72. The Labute approximate surface area is 180 Å². The maximum absolute atomic E-state index is 14.6. The lowest BCUT2D eigenvalue weighted by atomic mass is 9.34. The van der Waals surface area contributed by atoms with E-state index < -0.39 is 0 Å². The maximum Gasteiger partial charge on any atom is 0.249 e. The van der Waals surface area contributed by atoms with Gasteiger partial charge in [-0.2, -0.15) is 10.2 Å². The summed E-state index contributed by atoms with van der Waals surface area (Å²) in [6, 6.07) is 11.3. The average Bonchev–Trinajstić information content (AvgIpc) is 3.30. The molecule has 1 amide bonds. The van der Waals surface area contributed by atoms with E-state index in [1.165, 1.54) is 11.6 Å². The number of aryl methyl sites for hydroxylation is 2. The lowest BCUT2D eigenvalue weighted by Gasteiger charge is -2.69. The van der Waals surface area contributed by atoms with Crippen LogP contribution in [-0.2, 0) is 11.3 Å². The number of fused-ring (bicyclic) bond motifs is 1. The number of hydrogen-bond donors (Lipinski definition) is 0. The van der Waals surface area contributed by atoms with Crippen molar-refractivity contribution in [3.05, 3.63) is 65.1 Å². The Hall–Kier alpha value is -3.02. The summed E-state index contributed by atoms with van der Waals surface area (Å²) in [5, 5.41) is 11.7. The summed E-state index contributed by atoms with van der Waals surface area (Å²) in [5.41, 5.74) is 3.62. The summed E-state index contributed by atoms with van der Waals surface area (Å²) < 4.78 is 16.6. The van der Waals surface area contributed by atoms with E-state index in [4.69, 9.17) is 0 Å². The zero-order valence-corrected chi connectivity index (χ0v) is 17.8. The summed E-state index contributed by atoms with van der Waals surface area (Å²) in [7, 11) is 0. The maximum atomic E-state index is 14.6. The van der Waals surface area contributed by atoms with E-state index in [2.05, 4.69) is 40.0 Å². The number of rotatable bonds is 4. The lowest BCUT2D eigenvalue weighted by molar-refractivity contribution is -0.223. The molecule has 3 saturated carbocycles. The van der Waals surface area contributed by atoms with Crippen LogP contribution in [0.2, 0.25) is 0 Å². The highest BCUT2D eigenvalue weighted by atomic mass is 19.1. The van der Waals surface area contributed by atoms with Crippen molar-refractivity contribution < 1.29 is 9.18 Å². The largest absolute Gasteiger partial charge is 0.272 e. The van der Waals surface area contributed by atoms with E-state index in [0.29, 0.717) is 12.0 Å². The van der Waals surface area contributed by atoms with Crippen LogP contribution in [-0.4, -0.2) is 26.9 Å². The summed E-state index contributed by atoms with van der Waals surface area (Å²) in [5.74, 6) is -0.211. The van der Waals surface area contributed by atoms with Gasteiger partial charge in [-0.25, -0.2) is 9.40 Å². The van der Waals surface area contributed by atoms with Gasteiger partial charge in [0.05, 0.1) is 23.2 Å². The van der Waals surface area contributed by atoms with E-state index in [9.17, 15) is 9.18 Å². The van der Waals surface area contributed by atoms with Crippen molar-refractivity contribution in [3.8, 4) is 0 Å². The van der Waals surface area contributed by atoms with Crippen LogP contribution in [0.5, 0.6) is 0 Å². The third-order valence-electron chi connectivity index (χ3n) is 7.43. The van der Waals surface area contributed by atoms with Gasteiger partial charge in [0.1, 0.15) is 5.82 Å². The Morgan fingerprint density at radius 3 is 2.65 bits per heavy atom. The van der Waals surface area contributed by atoms with Crippen LogP contribution in [0.25, 0.3) is 10.9 Å².